The van der Waals surface area contributed by atoms with Gasteiger partial charge in [-0.3, -0.25) is 4.79 Å². The minimum atomic E-state index is -1.55. The van der Waals surface area contributed by atoms with Crippen molar-refractivity contribution in [3.63, 3.8) is 0 Å². The van der Waals surface area contributed by atoms with Crippen molar-refractivity contribution in [2.24, 2.45) is 0 Å². The van der Waals surface area contributed by atoms with Gasteiger partial charge in [0, 0.05) is 6.42 Å². The average Bonchev–Trinajstić information content (AvgIpc) is 3.39. The number of ether oxygens (including phenoxy) is 2. The Labute approximate surface area is 450 Å². The van der Waals surface area contributed by atoms with E-state index in [1.807, 2.05) is 0 Å². The van der Waals surface area contributed by atoms with E-state index >= 15 is 0 Å². The molecule has 1 aliphatic heterocycles. The van der Waals surface area contributed by atoms with E-state index in [0.29, 0.717) is 12.8 Å². The summed E-state index contributed by atoms with van der Waals surface area (Å²) in [4.78, 5) is 13.1. The summed E-state index contributed by atoms with van der Waals surface area (Å²) in [5.41, 5.74) is 0. The Bertz CT molecular complexity index is 1290. The first-order valence-electron chi connectivity index (χ1n) is 31.3. The molecule has 1 rings (SSSR count). The van der Waals surface area contributed by atoms with Crippen LogP contribution >= 0.6 is 0 Å². The van der Waals surface area contributed by atoms with Crippen LogP contribution in [-0.2, 0) is 14.3 Å². The summed E-state index contributed by atoms with van der Waals surface area (Å²) >= 11 is 0. The molecule has 0 aromatic rings. The van der Waals surface area contributed by atoms with Gasteiger partial charge >= 0.3 is 0 Å². The van der Waals surface area contributed by atoms with Gasteiger partial charge in [0.1, 0.15) is 24.4 Å². The minimum Gasteiger partial charge on any atom is -0.394 e. The molecule has 0 saturated carbocycles. The lowest BCUT2D eigenvalue weighted by Crippen LogP contribution is -2.60. The summed E-state index contributed by atoms with van der Waals surface area (Å²) in [6.45, 7) is 3.75. The van der Waals surface area contributed by atoms with Gasteiger partial charge < -0.3 is 40.3 Å². The third-order valence-electron chi connectivity index (χ3n) is 14.9. The van der Waals surface area contributed by atoms with Crippen LogP contribution in [0.25, 0.3) is 0 Å². The third-order valence-corrected chi connectivity index (χ3v) is 14.9. The number of nitrogens with one attached hydrogen (secondary N) is 1. The lowest BCUT2D eigenvalue weighted by Gasteiger charge is -2.40. The Morgan fingerprint density at radius 3 is 1.26 bits per heavy atom. The maximum atomic E-state index is 13.1. The predicted octanol–water partition coefficient (Wildman–Crippen LogP) is 16.1. The Balaban J connectivity index is 2.07. The van der Waals surface area contributed by atoms with Gasteiger partial charge in [-0.05, 0) is 51.4 Å². The summed E-state index contributed by atoms with van der Waals surface area (Å²) in [6.07, 6.45) is 64.5. The van der Waals surface area contributed by atoms with Gasteiger partial charge in [0.2, 0.25) is 5.91 Å². The van der Waals surface area contributed by atoms with E-state index in [2.05, 4.69) is 67.8 Å². The fourth-order valence-corrected chi connectivity index (χ4v) is 10.0. The number of aliphatic hydroxyl groups excluding tert-OH is 5. The Morgan fingerprint density at radius 1 is 0.479 bits per heavy atom. The second-order valence-electron chi connectivity index (χ2n) is 21.8. The molecule has 0 bridgehead atoms. The Hall–Kier alpha value is -1.85. The zero-order valence-corrected chi connectivity index (χ0v) is 47.6. The topological polar surface area (TPSA) is 149 Å². The number of aliphatic hydroxyl groups is 5. The van der Waals surface area contributed by atoms with E-state index < -0.39 is 49.5 Å². The Kier molecular flexibility index (Phi) is 50.7. The highest BCUT2D eigenvalue weighted by Crippen LogP contribution is 2.23. The summed E-state index contributed by atoms with van der Waals surface area (Å²) in [6, 6.07) is -0.717. The third kappa shape index (κ3) is 42.9. The lowest BCUT2D eigenvalue weighted by molar-refractivity contribution is -0.302. The number of rotatable bonds is 54. The van der Waals surface area contributed by atoms with Crippen LogP contribution in [-0.4, -0.2) is 87.5 Å². The number of hydrogen-bond acceptors (Lipinski definition) is 8. The molecule has 1 saturated heterocycles. The number of amides is 1. The minimum absolute atomic E-state index is 0.134. The van der Waals surface area contributed by atoms with Crippen molar-refractivity contribution in [3.05, 3.63) is 48.6 Å². The molecule has 1 aliphatic rings. The molecular formula is C64H119NO8. The van der Waals surface area contributed by atoms with Crippen LogP contribution in [0.3, 0.4) is 0 Å². The first-order chi connectivity index (χ1) is 35.8. The van der Waals surface area contributed by atoms with Crippen LogP contribution in [0.5, 0.6) is 0 Å². The van der Waals surface area contributed by atoms with E-state index in [4.69, 9.17) is 9.47 Å². The smallest absolute Gasteiger partial charge is 0.220 e. The van der Waals surface area contributed by atoms with E-state index in [1.54, 1.807) is 0 Å². The van der Waals surface area contributed by atoms with Gasteiger partial charge in [0.05, 0.1) is 25.4 Å². The first-order valence-corrected chi connectivity index (χ1v) is 31.3. The zero-order chi connectivity index (χ0) is 52.9. The molecule has 9 heteroatoms. The van der Waals surface area contributed by atoms with Crippen LogP contribution < -0.4 is 5.32 Å². The summed E-state index contributed by atoms with van der Waals surface area (Å²) in [5, 5.41) is 54.7. The van der Waals surface area contributed by atoms with Gasteiger partial charge in [-0.1, -0.05) is 287 Å². The molecule has 0 aliphatic carbocycles. The van der Waals surface area contributed by atoms with Crippen LogP contribution in [0.2, 0.25) is 0 Å². The molecule has 1 heterocycles. The molecule has 1 amide bonds. The average molecular weight is 1030 g/mol. The highest BCUT2D eigenvalue weighted by atomic mass is 16.7. The van der Waals surface area contributed by atoms with Gasteiger partial charge in [-0.2, -0.15) is 0 Å². The molecule has 1 fully saturated rings. The molecule has 428 valence electrons. The Morgan fingerprint density at radius 2 is 0.849 bits per heavy atom. The van der Waals surface area contributed by atoms with Crippen LogP contribution in [0.1, 0.15) is 296 Å². The van der Waals surface area contributed by atoms with E-state index in [-0.39, 0.29) is 12.5 Å². The first kappa shape index (κ1) is 69.2. The molecular weight excluding hydrogens is 911 g/mol. The number of hydrogen-bond donors (Lipinski definition) is 6. The second-order valence-corrected chi connectivity index (χ2v) is 21.8. The van der Waals surface area contributed by atoms with Crippen LogP contribution in [0, 0.1) is 0 Å². The molecule has 0 aromatic heterocycles. The van der Waals surface area contributed by atoms with Crippen molar-refractivity contribution in [2.75, 3.05) is 13.2 Å². The van der Waals surface area contributed by atoms with Gasteiger partial charge in [0.25, 0.3) is 0 Å². The van der Waals surface area contributed by atoms with Crippen LogP contribution in [0.4, 0.5) is 0 Å². The largest absolute Gasteiger partial charge is 0.394 e. The highest BCUT2D eigenvalue weighted by molar-refractivity contribution is 5.76. The van der Waals surface area contributed by atoms with Gasteiger partial charge in [-0.25, -0.2) is 0 Å². The maximum absolute atomic E-state index is 13.1. The fourth-order valence-electron chi connectivity index (χ4n) is 10.0. The summed E-state index contributed by atoms with van der Waals surface area (Å²) < 4.78 is 11.3. The zero-order valence-electron chi connectivity index (χ0n) is 47.6. The quantitative estimate of drug-likeness (QED) is 0.0261. The SMILES string of the molecule is CC/C=C\C/C=C\C/C=C\C/C=C\CCCCCCCCCCCCCCCCCCCCCCCCC(=O)NC(COC1OC(CO)C(O)C(O)C1O)C(O)CCCCCCCCCCCCCCCCC. The van der Waals surface area contributed by atoms with Crippen molar-refractivity contribution < 1.29 is 39.8 Å². The molecule has 9 nitrogen and oxygen atoms in total. The predicted molar refractivity (Wildman–Crippen MR) is 309 cm³/mol. The van der Waals surface area contributed by atoms with Crippen molar-refractivity contribution in [3.8, 4) is 0 Å². The van der Waals surface area contributed by atoms with E-state index in [9.17, 15) is 30.3 Å². The van der Waals surface area contributed by atoms with Crippen LogP contribution in [0.15, 0.2) is 48.6 Å². The highest BCUT2D eigenvalue weighted by Gasteiger charge is 2.44. The fraction of sp³-hybridized carbons (Fsp3) is 0.859. The second kappa shape index (κ2) is 53.5. The molecule has 73 heavy (non-hydrogen) atoms. The van der Waals surface area contributed by atoms with Gasteiger partial charge in [-0.15, -0.1) is 0 Å². The molecule has 6 N–H and O–H groups in total. The molecule has 7 unspecified atom stereocenters. The maximum Gasteiger partial charge on any atom is 0.220 e. The standard InChI is InChI=1S/C64H119NO8/c1-3-5-7-9-11-13-15-17-19-20-21-22-23-24-25-26-27-28-29-30-31-32-33-34-35-36-37-38-40-42-44-46-48-50-52-54-60(68)65-57(56-72-64-63(71)62(70)61(69)59(55-66)73-64)58(67)53-51-49-47-45-43-41-39-18-16-14-12-10-8-6-4-2/h5,7,11,13,17,19,21-22,57-59,61-64,66-67,69-71H,3-4,6,8-10,12,14-16,18,20,23-56H2,1-2H3,(H,65,68)/b7-5-,13-11-,19-17-,22-21-. The lowest BCUT2D eigenvalue weighted by atomic mass is 9.99. The van der Waals surface area contributed by atoms with E-state index in [1.165, 1.54) is 205 Å². The summed E-state index contributed by atoms with van der Waals surface area (Å²) in [7, 11) is 0. The van der Waals surface area contributed by atoms with Gasteiger partial charge in [0.15, 0.2) is 6.29 Å². The number of allylic oxidation sites excluding steroid dienone is 8. The van der Waals surface area contributed by atoms with Crippen molar-refractivity contribution in [1.82, 2.24) is 5.32 Å². The normalized spacial score (nSPS) is 19.4. The molecule has 0 radical (unpaired) electrons. The monoisotopic (exact) mass is 1030 g/mol. The number of carbonyl (C=O) groups excluding carboxylic acids is 1. The number of unbranched alkanes of at least 4 members (excludes halogenated alkanes) is 36. The van der Waals surface area contributed by atoms with Crippen molar-refractivity contribution in [2.45, 2.75) is 339 Å². The molecule has 0 aromatic carbocycles. The molecule has 0 spiro atoms. The number of carbonyl (C=O) groups is 1. The van der Waals surface area contributed by atoms with E-state index in [0.717, 1.165) is 64.2 Å². The van der Waals surface area contributed by atoms with Crippen molar-refractivity contribution in [1.29, 1.82) is 0 Å². The van der Waals surface area contributed by atoms with Crippen molar-refractivity contribution >= 4 is 5.91 Å². The molecule has 7 atom stereocenters. The summed E-state index contributed by atoms with van der Waals surface area (Å²) in [5.74, 6) is -0.140.